The van der Waals surface area contributed by atoms with E-state index < -0.39 is 0 Å². The summed E-state index contributed by atoms with van der Waals surface area (Å²) in [5.41, 5.74) is 6.38. The molecule has 5 heteroatoms. The van der Waals surface area contributed by atoms with Crippen molar-refractivity contribution in [3.63, 3.8) is 0 Å². The summed E-state index contributed by atoms with van der Waals surface area (Å²) in [5, 5.41) is 1.36. The van der Waals surface area contributed by atoms with Gasteiger partial charge in [0.05, 0.1) is 9.48 Å². The Hall–Kier alpha value is 0.390. The predicted molar refractivity (Wildman–Crippen MR) is 46.9 cm³/mol. The number of anilines is 1. The van der Waals surface area contributed by atoms with Gasteiger partial charge in [-0.15, -0.1) is 0 Å². The average molecular weight is 272 g/mol. The van der Waals surface area contributed by atoms with E-state index in [9.17, 15) is 0 Å². The second-order valence-electron chi connectivity index (χ2n) is 1.41. The normalized spacial score (nSPS) is 10.0. The highest BCUT2D eigenvalue weighted by Gasteiger charge is 2.03. The third-order valence-electron chi connectivity index (χ3n) is 0.793. The van der Waals surface area contributed by atoms with E-state index in [-0.39, 0.29) is 0 Å². The molecule has 0 amide bonds. The fourth-order valence-electron chi connectivity index (χ4n) is 0.433. The molecule has 1 aromatic rings. The minimum atomic E-state index is 0.608. The van der Waals surface area contributed by atoms with Gasteiger partial charge in [-0.2, -0.15) is 0 Å². The summed E-state index contributed by atoms with van der Waals surface area (Å²) in [7, 11) is 0. The smallest absolute Gasteiger partial charge is 0.181 e. The third-order valence-corrected chi connectivity index (χ3v) is 2.98. The van der Waals surface area contributed by atoms with Gasteiger partial charge in [0.2, 0.25) is 0 Å². The molecule has 0 atom stereocenters. The molecule has 1 rings (SSSR count). The first-order valence-corrected chi connectivity index (χ1v) is 4.93. The van der Waals surface area contributed by atoms with Crippen LogP contribution in [0.2, 0.25) is 0 Å². The molecule has 0 unspecified atom stereocenters. The van der Waals surface area contributed by atoms with Crippen LogP contribution in [0.3, 0.4) is 0 Å². The van der Waals surface area contributed by atoms with Gasteiger partial charge in [0.15, 0.2) is 5.13 Å². The second kappa shape index (κ2) is 2.98. The maximum atomic E-state index is 5.41. The first-order chi connectivity index (χ1) is 4.24. The molecule has 0 bridgehead atoms. The highest BCUT2D eigenvalue weighted by Crippen LogP contribution is 2.27. The largest absolute Gasteiger partial charge is 0.375 e. The van der Waals surface area contributed by atoms with Gasteiger partial charge >= 0.3 is 0 Å². The van der Waals surface area contributed by atoms with Crippen molar-refractivity contribution in [2.24, 2.45) is 0 Å². The minimum Gasteiger partial charge on any atom is -0.375 e. The molecule has 0 aromatic carbocycles. The van der Waals surface area contributed by atoms with E-state index in [1.165, 1.54) is 11.3 Å². The summed E-state index contributed by atoms with van der Waals surface area (Å²) in [6.45, 7) is 0. The van der Waals surface area contributed by atoms with Crippen LogP contribution in [0.15, 0.2) is 3.79 Å². The van der Waals surface area contributed by atoms with E-state index in [2.05, 4.69) is 36.8 Å². The lowest BCUT2D eigenvalue weighted by molar-refractivity contribution is 1.24. The van der Waals surface area contributed by atoms with Crippen molar-refractivity contribution in [3.05, 3.63) is 9.48 Å². The third kappa shape index (κ3) is 1.65. The highest BCUT2D eigenvalue weighted by atomic mass is 79.9. The molecule has 50 valence electrons. The molecule has 1 aromatic heterocycles. The molecule has 2 N–H and O–H groups in total. The monoisotopic (exact) mass is 270 g/mol. The fraction of sp³-hybridized carbons (Fsp3) is 0.250. The number of thiazole rings is 1. The van der Waals surface area contributed by atoms with Crippen LogP contribution >= 0.6 is 43.2 Å². The van der Waals surface area contributed by atoms with Gasteiger partial charge in [-0.1, -0.05) is 27.3 Å². The van der Waals surface area contributed by atoms with Crippen molar-refractivity contribution in [1.82, 2.24) is 4.98 Å². The van der Waals surface area contributed by atoms with E-state index in [4.69, 9.17) is 5.73 Å². The van der Waals surface area contributed by atoms with E-state index in [1.807, 2.05) is 0 Å². The fourth-order valence-corrected chi connectivity index (χ4v) is 2.70. The minimum absolute atomic E-state index is 0.608. The van der Waals surface area contributed by atoms with Gasteiger partial charge in [0, 0.05) is 5.33 Å². The summed E-state index contributed by atoms with van der Waals surface area (Å²) >= 11 is 8.05. The van der Waals surface area contributed by atoms with Crippen LogP contribution in [0.25, 0.3) is 0 Å². The Morgan fingerprint density at radius 2 is 2.33 bits per heavy atom. The molecule has 1 heterocycles. The number of nitrogen functional groups attached to an aromatic ring is 1. The van der Waals surface area contributed by atoms with Gasteiger partial charge in [-0.3, -0.25) is 0 Å². The summed E-state index contributed by atoms with van der Waals surface area (Å²) in [5.74, 6) is 0. The first kappa shape index (κ1) is 7.50. The topological polar surface area (TPSA) is 38.9 Å². The van der Waals surface area contributed by atoms with Crippen LogP contribution in [0.5, 0.6) is 0 Å². The van der Waals surface area contributed by atoms with Gasteiger partial charge in [0.1, 0.15) is 0 Å². The van der Waals surface area contributed by atoms with Crippen molar-refractivity contribution < 1.29 is 0 Å². The zero-order valence-electron chi connectivity index (χ0n) is 4.40. The van der Waals surface area contributed by atoms with Crippen LogP contribution in [-0.2, 0) is 5.33 Å². The van der Waals surface area contributed by atoms with Gasteiger partial charge < -0.3 is 5.73 Å². The van der Waals surface area contributed by atoms with Crippen LogP contribution in [-0.4, -0.2) is 4.98 Å². The van der Waals surface area contributed by atoms with Crippen LogP contribution in [0, 0.1) is 0 Å². The summed E-state index contributed by atoms with van der Waals surface area (Å²) < 4.78 is 1.01. The second-order valence-corrected chi connectivity index (χ2v) is 4.32. The Bertz CT molecular complexity index is 210. The SMILES string of the molecule is Nc1nc(CBr)c(Br)s1. The summed E-state index contributed by atoms with van der Waals surface area (Å²) in [6, 6.07) is 0. The van der Waals surface area contributed by atoms with Gasteiger partial charge in [-0.05, 0) is 15.9 Å². The van der Waals surface area contributed by atoms with Crippen LogP contribution in [0.4, 0.5) is 5.13 Å². The number of nitrogens with two attached hydrogens (primary N) is 1. The number of aromatic nitrogens is 1. The van der Waals surface area contributed by atoms with Crippen molar-refractivity contribution in [2.45, 2.75) is 5.33 Å². The Morgan fingerprint density at radius 1 is 1.67 bits per heavy atom. The Kier molecular flexibility index (Phi) is 2.49. The molecule has 0 saturated heterocycles. The molecule has 0 aliphatic heterocycles. The molecule has 9 heavy (non-hydrogen) atoms. The standard InChI is InChI=1S/C4H4Br2N2S/c5-1-2-3(6)9-4(7)8-2/h1H2,(H2,7,8). The molecule has 0 fully saturated rings. The van der Waals surface area contributed by atoms with Crippen LogP contribution < -0.4 is 5.73 Å². The molecular formula is C4H4Br2N2S. The molecule has 0 spiro atoms. The Morgan fingerprint density at radius 3 is 2.56 bits per heavy atom. The van der Waals surface area contributed by atoms with E-state index in [1.54, 1.807) is 0 Å². The van der Waals surface area contributed by atoms with E-state index >= 15 is 0 Å². The molecular weight excluding hydrogens is 268 g/mol. The zero-order valence-corrected chi connectivity index (χ0v) is 8.38. The molecule has 0 aliphatic carbocycles. The quantitative estimate of drug-likeness (QED) is 0.797. The van der Waals surface area contributed by atoms with Gasteiger partial charge in [0.25, 0.3) is 0 Å². The highest BCUT2D eigenvalue weighted by molar-refractivity contribution is 9.11. The lowest BCUT2D eigenvalue weighted by Gasteiger charge is -1.82. The van der Waals surface area contributed by atoms with Crippen molar-refractivity contribution in [1.29, 1.82) is 0 Å². The Balaban J connectivity index is 3.01. The zero-order chi connectivity index (χ0) is 6.85. The lowest BCUT2D eigenvalue weighted by Crippen LogP contribution is -1.82. The summed E-state index contributed by atoms with van der Waals surface area (Å²) in [6.07, 6.45) is 0. The number of nitrogens with zero attached hydrogens (tertiary/aromatic N) is 1. The van der Waals surface area contributed by atoms with Crippen LogP contribution in [0.1, 0.15) is 5.69 Å². The first-order valence-electron chi connectivity index (χ1n) is 2.20. The number of hydrogen-bond acceptors (Lipinski definition) is 3. The number of rotatable bonds is 1. The number of alkyl halides is 1. The number of hydrogen-bond donors (Lipinski definition) is 1. The molecule has 2 nitrogen and oxygen atoms in total. The predicted octanol–water partition coefficient (Wildman–Crippen LogP) is 2.38. The van der Waals surface area contributed by atoms with Crippen molar-refractivity contribution >= 4 is 48.3 Å². The molecule has 0 saturated carbocycles. The maximum Gasteiger partial charge on any atom is 0.181 e. The lowest BCUT2D eigenvalue weighted by atomic mass is 10.6. The van der Waals surface area contributed by atoms with E-state index in [0.29, 0.717) is 5.13 Å². The molecule has 0 aliphatic rings. The molecule has 0 radical (unpaired) electrons. The average Bonchev–Trinajstić information content (AvgIpc) is 2.10. The Labute approximate surface area is 73.7 Å². The van der Waals surface area contributed by atoms with Crippen molar-refractivity contribution in [2.75, 3.05) is 5.73 Å². The van der Waals surface area contributed by atoms with Gasteiger partial charge in [-0.25, -0.2) is 4.98 Å². The summed E-state index contributed by atoms with van der Waals surface area (Å²) in [4.78, 5) is 4.03. The van der Waals surface area contributed by atoms with Crippen molar-refractivity contribution in [3.8, 4) is 0 Å². The van der Waals surface area contributed by atoms with E-state index in [0.717, 1.165) is 14.8 Å². The maximum absolute atomic E-state index is 5.41. The number of halogens is 2.